The summed E-state index contributed by atoms with van der Waals surface area (Å²) >= 11 is 0. The van der Waals surface area contributed by atoms with Crippen molar-refractivity contribution < 1.29 is 28.5 Å². The average molecular weight is 734 g/mol. The Balaban J connectivity index is 1.90. The molecule has 0 aromatic carbocycles. The Morgan fingerprint density at radius 3 is 1.38 bits per heavy atom. The van der Waals surface area contributed by atoms with Crippen molar-refractivity contribution in [2.75, 3.05) is 46.1 Å². The van der Waals surface area contributed by atoms with Gasteiger partial charge in [0.05, 0.1) is 33.0 Å². The maximum atomic E-state index is 13.1. The van der Waals surface area contributed by atoms with E-state index in [1.165, 1.54) is 0 Å². The van der Waals surface area contributed by atoms with Crippen LogP contribution in [0.15, 0.2) is 20.0 Å². The van der Waals surface area contributed by atoms with Crippen molar-refractivity contribution in [2.24, 2.45) is 31.8 Å². The second-order valence-corrected chi connectivity index (χ2v) is 15.2. The minimum absolute atomic E-state index is 0.110. The zero-order chi connectivity index (χ0) is 38.6. The van der Waals surface area contributed by atoms with Crippen molar-refractivity contribution in [3.63, 3.8) is 0 Å². The van der Waals surface area contributed by atoms with Crippen molar-refractivity contribution in [1.29, 1.82) is 0 Å². The molecular weight excluding hydrogens is 658 g/mol. The summed E-state index contributed by atoms with van der Waals surface area (Å²) in [5.41, 5.74) is -1.05. The molecule has 300 valence electrons. The van der Waals surface area contributed by atoms with Crippen molar-refractivity contribution in [3.8, 4) is 0 Å². The van der Waals surface area contributed by atoms with Crippen LogP contribution in [0.4, 0.5) is 4.79 Å². The molecule has 0 saturated carbocycles. The first-order valence-corrected chi connectivity index (χ1v) is 20.7. The lowest BCUT2D eigenvalue weighted by molar-refractivity contribution is 0.0994. The fraction of sp³-hybridized carbons (Fsp3) is 0.878. The van der Waals surface area contributed by atoms with E-state index in [9.17, 15) is 4.79 Å². The van der Waals surface area contributed by atoms with Crippen LogP contribution in [-0.2, 0) is 23.7 Å². The van der Waals surface area contributed by atoms with Crippen molar-refractivity contribution in [1.82, 2.24) is 4.90 Å². The molecule has 0 fully saturated rings. The summed E-state index contributed by atoms with van der Waals surface area (Å²) in [6.45, 7) is 27.0. The van der Waals surface area contributed by atoms with Gasteiger partial charge in [-0.3, -0.25) is 0 Å². The molecule has 2 aliphatic rings. The highest BCUT2D eigenvalue weighted by Gasteiger charge is 2.41. The Morgan fingerprint density at radius 2 is 1.02 bits per heavy atom. The predicted octanol–water partition coefficient (Wildman–Crippen LogP) is 9.46. The molecule has 2 heterocycles. The third-order valence-electron chi connectivity index (χ3n) is 9.73. The summed E-state index contributed by atoms with van der Waals surface area (Å²) in [5, 5.41) is 0. The number of amides is 1. The van der Waals surface area contributed by atoms with Gasteiger partial charge in [-0.2, -0.15) is 0 Å². The maximum absolute atomic E-state index is 13.1. The van der Waals surface area contributed by atoms with Gasteiger partial charge in [0.1, 0.15) is 23.2 Å². The highest BCUT2D eigenvalue weighted by molar-refractivity contribution is 5.97. The number of ether oxygens (including phenoxy) is 5. The van der Waals surface area contributed by atoms with E-state index in [1.54, 1.807) is 0 Å². The second kappa shape index (κ2) is 23.7. The van der Waals surface area contributed by atoms with Crippen molar-refractivity contribution >= 4 is 29.7 Å². The molecule has 0 aliphatic carbocycles. The van der Waals surface area contributed by atoms with Gasteiger partial charge in [-0.1, -0.05) is 79.6 Å². The minimum atomic E-state index is -0.527. The van der Waals surface area contributed by atoms with E-state index in [2.05, 4.69) is 48.5 Å². The van der Waals surface area contributed by atoms with Gasteiger partial charge in [0, 0.05) is 13.1 Å². The molecule has 0 spiro atoms. The highest BCUT2D eigenvalue weighted by atomic mass is 16.6. The molecule has 2 rings (SSSR count). The summed E-state index contributed by atoms with van der Waals surface area (Å²) < 4.78 is 29.6. The molecule has 11 nitrogen and oxygen atoms in total. The fourth-order valence-electron chi connectivity index (χ4n) is 6.68. The monoisotopic (exact) mass is 734 g/mol. The number of hydrogen-bond donors (Lipinski definition) is 0. The lowest BCUT2D eigenvalue weighted by atomic mass is 9.91. The highest BCUT2D eigenvalue weighted by Crippen LogP contribution is 2.31. The summed E-state index contributed by atoms with van der Waals surface area (Å²) in [5.74, 6) is 3.43. The van der Waals surface area contributed by atoms with Gasteiger partial charge in [0.15, 0.2) is 0 Å². The Labute approximate surface area is 316 Å². The number of aliphatic imine (C=N–C) groups is 4. The maximum Gasteiger partial charge on any atom is 0.409 e. The average Bonchev–Trinajstić information content (AvgIpc) is 3.09. The van der Waals surface area contributed by atoms with Crippen molar-refractivity contribution in [3.05, 3.63) is 0 Å². The van der Waals surface area contributed by atoms with E-state index in [0.717, 1.165) is 101 Å². The van der Waals surface area contributed by atoms with E-state index >= 15 is 0 Å². The Morgan fingerprint density at radius 1 is 0.615 bits per heavy atom. The molecule has 0 N–H and O–H groups in total. The van der Waals surface area contributed by atoms with Crippen molar-refractivity contribution in [2.45, 2.75) is 176 Å². The van der Waals surface area contributed by atoms with Crippen LogP contribution in [0.3, 0.4) is 0 Å². The van der Waals surface area contributed by atoms with Gasteiger partial charge in [0.2, 0.25) is 23.6 Å². The molecule has 11 heteroatoms. The standard InChI is InChI=1S/C41H75N5O6/c1-12-17-30-52-39(47)46(28-24-20-18-22-26-40(10)37(50-15-4)42-33(31(6)7)35(44-40)48-13-2)29-25-21-19-23-27-41(11)38(51-16-5)43-34(32(8)9)36(45-41)49-14-3/h31-34H,12-30H2,1-11H3/t33-,34-,40+,41+/m1/s1. The number of nitrogens with zero attached hydrogens (tertiary/aromatic N) is 5. The summed E-state index contributed by atoms with van der Waals surface area (Å²) in [6, 6.07) is -0.220. The zero-order valence-electron chi connectivity index (χ0n) is 34.9. The third kappa shape index (κ3) is 14.2. The number of rotatable bonds is 23. The van der Waals surface area contributed by atoms with Gasteiger partial charge < -0.3 is 28.6 Å². The van der Waals surface area contributed by atoms with Crippen LogP contribution in [-0.4, -0.2) is 104 Å². The first-order chi connectivity index (χ1) is 24.9. The molecule has 2 aliphatic heterocycles. The fourth-order valence-corrected chi connectivity index (χ4v) is 6.68. The topological polar surface area (TPSA) is 116 Å². The second-order valence-electron chi connectivity index (χ2n) is 15.2. The van der Waals surface area contributed by atoms with Crippen LogP contribution in [0.25, 0.3) is 0 Å². The van der Waals surface area contributed by atoms with Gasteiger partial charge in [-0.15, -0.1) is 0 Å². The summed E-state index contributed by atoms with van der Waals surface area (Å²) in [4.78, 5) is 35.1. The molecule has 0 bridgehead atoms. The number of carbonyl (C=O) groups is 1. The minimum Gasteiger partial charge on any atom is -0.480 e. The SMILES string of the molecule is CCCCOC(=O)N(CCCCCC[C@]1(C)N=C(OCC)[C@@H](C(C)C)N=C1OCC)CCCCCC[C@]1(C)N=C(OCC)[C@@H](C(C)C)N=C1OCC. The molecule has 0 saturated heterocycles. The van der Waals surface area contributed by atoms with E-state index in [-0.39, 0.29) is 30.0 Å². The van der Waals surface area contributed by atoms with E-state index < -0.39 is 11.1 Å². The first kappa shape index (κ1) is 45.3. The number of carbonyl (C=O) groups excluding carboxylic acids is 1. The molecule has 0 unspecified atom stereocenters. The zero-order valence-corrected chi connectivity index (χ0v) is 34.9. The number of hydrogen-bond acceptors (Lipinski definition) is 10. The van der Waals surface area contributed by atoms with Crippen LogP contribution < -0.4 is 0 Å². The molecule has 0 aromatic rings. The smallest absolute Gasteiger partial charge is 0.409 e. The van der Waals surface area contributed by atoms with Gasteiger partial charge >= 0.3 is 6.09 Å². The van der Waals surface area contributed by atoms with Crippen LogP contribution in [0.1, 0.15) is 153 Å². The van der Waals surface area contributed by atoms with Crippen LogP contribution in [0.2, 0.25) is 0 Å². The molecule has 4 atom stereocenters. The van der Waals surface area contributed by atoms with Crippen LogP contribution in [0, 0.1) is 11.8 Å². The van der Waals surface area contributed by atoms with Crippen LogP contribution >= 0.6 is 0 Å². The lowest BCUT2D eigenvalue weighted by Crippen LogP contribution is -2.45. The van der Waals surface area contributed by atoms with Gasteiger partial charge in [0.25, 0.3) is 0 Å². The number of unbranched alkanes of at least 4 members (excludes halogenated alkanes) is 7. The molecular formula is C41H75N5O6. The van der Waals surface area contributed by atoms with Gasteiger partial charge in [-0.05, 0) is 85.5 Å². The van der Waals surface area contributed by atoms with Crippen LogP contribution in [0.5, 0.6) is 0 Å². The van der Waals surface area contributed by atoms with Gasteiger partial charge in [-0.25, -0.2) is 24.8 Å². The summed E-state index contributed by atoms with van der Waals surface area (Å²) in [6.07, 6.45) is 11.3. The largest absolute Gasteiger partial charge is 0.480 e. The Hall–Kier alpha value is -2.85. The van der Waals surface area contributed by atoms with E-state index in [4.69, 9.17) is 43.7 Å². The third-order valence-corrected chi connectivity index (χ3v) is 9.73. The molecule has 52 heavy (non-hydrogen) atoms. The molecule has 1 amide bonds. The summed E-state index contributed by atoms with van der Waals surface area (Å²) in [7, 11) is 0. The Bertz CT molecular complexity index is 1090. The normalized spacial score (nSPS) is 23.1. The molecule has 0 aromatic heterocycles. The lowest BCUT2D eigenvalue weighted by Gasteiger charge is -2.34. The quantitative estimate of drug-likeness (QED) is 0.0967. The molecule has 0 radical (unpaired) electrons. The van der Waals surface area contributed by atoms with E-state index in [1.807, 2.05) is 32.6 Å². The Kier molecular flexibility index (Phi) is 20.7. The van der Waals surface area contributed by atoms with E-state index in [0.29, 0.717) is 46.1 Å². The predicted molar refractivity (Wildman–Crippen MR) is 214 cm³/mol. The first-order valence-electron chi connectivity index (χ1n) is 20.7.